The Hall–Kier alpha value is -4.42. The molecule has 0 N–H and O–H groups in total. The van der Waals surface area contributed by atoms with Crippen molar-refractivity contribution in [2.75, 3.05) is 0 Å². The first-order chi connectivity index (χ1) is 17.9. The highest BCUT2D eigenvalue weighted by molar-refractivity contribution is 6.07. The van der Waals surface area contributed by atoms with Gasteiger partial charge in [0.15, 0.2) is 0 Å². The fourth-order valence-electron chi connectivity index (χ4n) is 5.49. The monoisotopic (exact) mass is 459 g/mol. The van der Waals surface area contributed by atoms with Crippen LogP contribution in [0.3, 0.4) is 0 Å². The van der Waals surface area contributed by atoms with Gasteiger partial charge in [-0.05, 0) is 57.0 Å². The van der Waals surface area contributed by atoms with Crippen molar-refractivity contribution in [1.82, 2.24) is 0 Å². The molecule has 171 valence electrons. The number of rotatable bonds is 6. The molecule has 0 fully saturated rings. The minimum Gasteiger partial charge on any atom is -0.0622 e. The smallest absolute Gasteiger partial charge is 0.0622 e. The van der Waals surface area contributed by atoms with Gasteiger partial charge in [-0.3, -0.25) is 0 Å². The third-order valence-corrected chi connectivity index (χ3v) is 7.03. The van der Waals surface area contributed by atoms with Gasteiger partial charge in [-0.25, -0.2) is 0 Å². The Bertz CT molecular complexity index is 1450. The molecular formula is C36H27. The number of benzene rings is 5. The minimum atomic E-state index is -0.529. The van der Waals surface area contributed by atoms with E-state index in [0.717, 1.165) is 6.42 Å². The summed E-state index contributed by atoms with van der Waals surface area (Å²) >= 11 is 0. The average molecular weight is 460 g/mol. The van der Waals surface area contributed by atoms with E-state index in [0.29, 0.717) is 0 Å². The van der Waals surface area contributed by atoms with Crippen molar-refractivity contribution < 1.29 is 0 Å². The zero-order valence-corrected chi connectivity index (χ0v) is 20.1. The summed E-state index contributed by atoms with van der Waals surface area (Å²) in [7, 11) is 0. The summed E-state index contributed by atoms with van der Waals surface area (Å²) in [4.78, 5) is 0. The van der Waals surface area contributed by atoms with Crippen LogP contribution in [0.5, 0.6) is 0 Å². The van der Waals surface area contributed by atoms with Gasteiger partial charge < -0.3 is 0 Å². The van der Waals surface area contributed by atoms with Crippen LogP contribution in [0.4, 0.5) is 0 Å². The molecule has 0 saturated carbocycles. The molecule has 6 rings (SSSR count). The van der Waals surface area contributed by atoms with E-state index in [1.807, 2.05) is 0 Å². The van der Waals surface area contributed by atoms with E-state index < -0.39 is 5.41 Å². The molecule has 0 saturated heterocycles. The highest BCUT2D eigenvalue weighted by Gasteiger charge is 2.44. The topological polar surface area (TPSA) is 0 Å². The predicted molar refractivity (Wildman–Crippen MR) is 150 cm³/mol. The fraction of sp³-hybridized carbons (Fsp3) is 0.0556. The van der Waals surface area contributed by atoms with Gasteiger partial charge >= 0.3 is 0 Å². The number of allylic oxidation sites excluding steroid dienone is 4. The molecule has 36 heavy (non-hydrogen) atoms. The van der Waals surface area contributed by atoms with E-state index in [1.54, 1.807) is 0 Å². The van der Waals surface area contributed by atoms with Gasteiger partial charge in [0.25, 0.3) is 0 Å². The first-order valence-electron chi connectivity index (χ1n) is 12.5. The minimum absolute atomic E-state index is 0.529. The summed E-state index contributed by atoms with van der Waals surface area (Å²) in [5.41, 5.74) is 9.47. The lowest BCUT2D eigenvalue weighted by molar-refractivity contribution is 0.820. The molecule has 0 spiro atoms. The Balaban J connectivity index is 1.73. The Kier molecular flexibility index (Phi) is 5.93. The molecule has 5 aromatic carbocycles. The summed E-state index contributed by atoms with van der Waals surface area (Å²) in [6, 6.07) is 54.2. The maximum absolute atomic E-state index is 4.13. The summed E-state index contributed by atoms with van der Waals surface area (Å²) in [5.74, 6) is 0. The lowest BCUT2D eigenvalue weighted by atomic mass is 9.68. The second-order valence-electron chi connectivity index (χ2n) is 9.23. The maximum atomic E-state index is 4.13. The second kappa shape index (κ2) is 9.68. The van der Waals surface area contributed by atoms with E-state index >= 15 is 0 Å². The molecule has 0 unspecified atom stereocenters. The Labute approximate surface area is 213 Å². The predicted octanol–water partition coefficient (Wildman–Crippen LogP) is 8.57. The molecule has 0 heteroatoms. The van der Waals surface area contributed by atoms with Gasteiger partial charge in [-0.2, -0.15) is 0 Å². The quantitative estimate of drug-likeness (QED) is 0.238. The van der Waals surface area contributed by atoms with E-state index in [-0.39, 0.29) is 0 Å². The first-order valence-corrected chi connectivity index (χ1v) is 12.5. The molecule has 1 aliphatic rings. The van der Waals surface area contributed by atoms with Crippen LogP contribution < -0.4 is 0 Å². The Morgan fingerprint density at radius 2 is 0.861 bits per heavy atom. The summed E-state index contributed by atoms with van der Waals surface area (Å²) in [5, 5.41) is 0. The average Bonchev–Trinajstić information content (AvgIpc) is 3.31. The first kappa shape index (κ1) is 22.1. The third kappa shape index (κ3) is 3.91. The van der Waals surface area contributed by atoms with Gasteiger partial charge in [-0.1, -0.05) is 152 Å². The molecule has 0 heterocycles. The number of hydrogen-bond acceptors (Lipinski definition) is 0. The standard InChI is InChI=1S/C36H27/c1-6-16-28(17-7-1)26-31-27-36(32-22-12-4-13-23-32,33-24-14-5-15-25-33)35(30-20-10-3-11-21-30)34(31)29-18-8-2-9-19-29/h1-25H,26H2. The molecule has 5 aromatic rings. The van der Waals surface area contributed by atoms with E-state index in [1.165, 1.54) is 44.5 Å². The fourth-order valence-corrected chi connectivity index (χ4v) is 5.49. The lowest BCUT2D eigenvalue weighted by Crippen LogP contribution is -2.26. The molecule has 0 amide bonds. The largest absolute Gasteiger partial charge is 0.0719 e. The van der Waals surface area contributed by atoms with Crippen molar-refractivity contribution in [3.05, 3.63) is 191 Å². The second-order valence-corrected chi connectivity index (χ2v) is 9.23. The van der Waals surface area contributed by atoms with Crippen LogP contribution in [0.2, 0.25) is 0 Å². The van der Waals surface area contributed by atoms with Crippen molar-refractivity contribution >= 4 is 11.1 Å². The van der Waals surface area contributed by atoms with Crippen LogP contribution in [-0.2, 0) is 11.8 Å². The third-order valence-electron chi connectivity index (χ3n) is 7.03. The van der Waals surface area contributed by atoms with Crippen molar-refractivity contribution in [3.63, 3.8) is 0 Å². The summed E-state index contributed by atoms with van der Waals surface area (Å²) in [6.07, 6.45) is 4.95. The van der Waals surface area contributed by atoms with Gasteiger partial charge in [0.1, 0.15) is 0 Å². The van der Waals surface area contributed by atoms with Crippen molar-refractivity contribution in [3.8, 4) is 0 Å². The summed E-state index contributed by atoms with van der Waals surface area (Å²) < 4.78 is 0. The molecule has 0 aliphatic heterocycles. The van der Waals surface area contributed by atoms with Crippen LogP contribution in [0.1, 0.15) is 27.8 Å². The van der Waals surface area contributed by atoms with Gasteiger partial charge in [-0.15, -0.1) is 0 Å². The zero-order chi connectivity index (χ0) is 24.2. The van der Waals surface area contributed by atoms with Crippen molar-refractivity contribution in [1.29, 1.82) is 0 Å². The molecule has 0 bridgehead atoms. The normalized spacial score (nSPS) is 14.5. The lowest BCUT2D eigenvalue weighted by Gasteiger charge is -2.33. The van der Waals surface area contributed by atoms with E-state index in [4.69, 9.17) is 0 Å². The van der Waals surface area contributed by atoms with E-state index in [9.17, 15) is 0 Å². The van der Waals surface area contributed by atoms with Gasteiger partial charge in [0.2, 0.25) is 0 Å². The maximum Gasteiger partial charge on any atom is 0.0719 e. The molecule has 0 nitrogen and oxygen atoms in total. The van der Waals surface area contributed by atoms with Crippen LogP contribution >= 0.6 is 0 Å². The highest BCUT2D eigenvalue weighted by atomic mass is 14.5. The van der Waals surface area contributed by atoms with Crippen LogP contribution in [0.25, 0.3) is 11.1 Å². The zero-order valence-electron chi connectivity index (χ0n) is 20.1. The van der Waals surface area contributed by atoms with Crippen LogP contribution in [0, 0.1) is 6.08 Å². The van der Waals surface area contributed by atoms with Crippen molar-refractivity contribution in [2.24, 2.45) is 0 Å². The molecule has 0 atom stereocenters. The van der Waals surface area contributed by atoms with Crippen LogP contribution in [0.15, 0.2) is 157 Å². The molecule has 1 radical (unpaired) electrons. The van der Waals surface area contributed by atoms with Gasteiger partial charge in [0.05, 0.1) is 5.41 Å². The Morgan fingerprint density at radius 3 is 1.36 bits per heavy atom. The van der Waals surface area contributed by atoms with E-state index in [2.05, 4.69) is 158 Å². The molecule has 0 aromatic heterocycles. The molecular weight excluding hydrogens is 432 g/mol. The SMILES string of the molecule is [C]1=C(Cc2ccccc2)C(c2ccccc2)=C(c2ccccc2)C1(c1ccccc1)c1ccccc1. The molecule has 1 aliphatic carbocycles. The Morgan fingerprint density at radius 1 is 0.444 bits per heavy atom. The highest BCUT2D eigenvalue weighted by Crippen LogP contribution is 2.55. The van der Waals surface area contributed by atoms with Gasteiger partial charge in [0, 0.05) is 0 Å². The summed E-state index contributed by atoms with van der Waals surface area (Å²) in [6.45, 7) is 0. The van der Waals surface area contributed by atoms with Crippen molar-refractivity contribution in [2.45, 2.75) is 11.8 Å². The number of hydrogen-bond donors (Lipinski definition) is 0. The van der Waals surface area contributed by atoms with Crippen LogP contribution in [-0.4, -0.2) is 0 Å².